The number of urea groups is 1. The van der Waals surface area contributed by atoms with E-state index in [-0.39, 0.29) is 18.0 Å². The van der Waals surface area contributed by atoms with Crippen LogP contribution in [0.15, 0.2) is 35.5 Å². The maximum Gasteiger partial charge on any atom is 0.319 e. The Labute approximate surface area is 140 Å². The van der Waals surface area contributed by atoms with Crippen molar-refractivity contribution in [2.45, 2.75) is 31.9 Å². The zero-order valence-electron chi connectivity index (χ0n) is 13.7. The molecule has 2 unspecified atom stereocenters. The number of rotatable bonds is 3. The van der Waals surface area contributed by atoms with E-state index in [1.165, 1.54) is 0 Å². The number of hydrogen-bond donors (Lipinski definition) is 2. The smallest absolute Gasteiger partial charge is 0.319 e. The zero-order chi connectivity index (χ0) is 16.7. The summed E-state index contributed by atoms with van der Waals surface area (Å²) in [6.07, 6.45) is 2.14. The van der Waals surface area contributed by atoms with Gasteiger partial charge >= 0.3 is 6.03 Å². The van der Waals surface area contributed by atoms with E-state index >= 15 is 0 Å². The quantitative estimate of drug-likeness (QED) is 0.886. The van der Waals surface area contributed by atoms with Crippen molar-refractivity contribution < 1.29 is 14.3 Å². The molecule has 3 aliphatic rings. The molecule has 0 spiro atoms. The van der Waals surface area contributed by atoms with Crippen molar-refractivity contribution in [3.05, 3.63) is 46.7 Å². The van der Waals surface area contributed by atoms with E-state index in [0.717, 1.165) is 30.6 Å². The lowest BCUT2D eigenvalue weighted by atomic mass is 9.95. The van der Waals surface area contributed by atoms with Crippen LogP contribution in [0.1, 0.15) is 30.0 Å². The molecule has 24 heavy (non-hydrogen) atoms. The molecule has 0 aromatic heterocycles. The fraction of sp³-hybridized carbons (Fsp3) is 0.444. The Hall–Kier alpha value is -2.34. The number of carbonyl (C=O) groups is 2. The number of carbonyl (C=O) groups excluding carboxylic acids is 2. The number of benzene rings is 1. The molecule has 2 atom stereocenters. The molecule has 3 amide bonds. The van der Waals surface area contributed by atoms with Crippen molar-refractivity contribution in [2.75, 3.05) is 19.7 Å². The number of ether oxygens (including phenoxy) is 1. The van der Waals surface area contributed by atoms with Crippen molar-refractivity contribution in [2.24, 2.45) is 0 Å². The van der Waals surface area contributed by atoms with Gasteiger partial charge in [0.15, 0.2) is 0 Å². The van der Waals surface area contributed by atoms with Gasteiger partial charge in [-0.15, -0.1) is 0 Å². The number of aryl methyl sites for hydroxylation is 1. The summed E-state index contributed by atoms with van der Waals surface area (Å²) in [6, 6.07) is 7.27. The van der Waals surface area contributed by atoms with Gasteiger partial charge in [0.25, 0.3) is 5.91 Å². The molecule has 126 valence electrons. The molecule has 2 N–H and O–H groups in total. The van der Waals surface area contributed by atoms with Gasteiger partial charge in [0.1, 0.15) is 0 Å². The van der Waals surface area contributed by atoms with Crippen LogP contribution in [-0.2, 0) is 9.53 Å². The van der Waals surface area contributed by atoms with Crippen molar-refractivity contribution in [3.63, 3.8) is 0 Å². The van der Waals surface area contributed by atoms with Crippen LogP contribution < -0.4 is 10.6 Å². The molecule has 0 radical (unpaired) electrons. The topological polar surface area (TPSA) is 70.7 Å². The van der Waals surface area contributed by atoms with Gasteiger partial charge in [0.05, 0.1) is 30.0 Å². The van der Waals surface area contributed by atoms with E-state index in [0.29, 0.717) is 24.4 Å². The Morgan fingerprint density at radius 1 is 1.25 bits per heavy atom. The molecule has 1 aromatic carbocycles. The van der Waals surface area contributed by atoms with E-state index in [9.17, 15) is 9.59 Å². The molecule has 0 bridgehead atoms. The highest BCUT2D eigenvalue weighted by molar-refractivity contribution is 6.01. The zero-order valence-corrected chi connectivity index (χ0v) is 13.7. The normalized spacial score (nSPS) is 26.5. The second-order valence-corrected chi connectivity index (χ2v) is 6.66. The van der Waals surface area contributed by atoms with Crippen molar-refractivity contribution >= 4 is 11.9 Å². The van der Waals surface area contributed by atoms with Gasteiger partial charge in [-0.3, -0.25) is 4.79 Å². The summed E-state index contributed by atoms with van der Waals surface area (Å²) >= 11 is 0. The Kier molecular flexibility index (Phi) is 3.76. The van der Waals surface area contributed by atoms with Crippen LogP contribution in [0.5, 0.6) is 0 Å². The molecule has 0 aliphatic carbocycles. The van der Waals surface area contributed by atoms with Gasteiger partial charge in [-0.2, -0.15) is 0 Å². The number of amides is 3. The molecular weight excluding hydrogens is 306 g/mol. The summed E-state index contributed by atoms with van der Waals surface area (Å²) in [5, 5.41) is 5.68. The first-order chi connectivity index (χ1) is 11.6. The Bertz CT molecular complexity index is 705. The van der Waals surface area contributed by atoms with Gasteiger partial charge in [-0.1, -0.05) is 29.8 Å². The van der Waals surface area contributed by atoms with Gasteiger partial charge in [0, 0.05) is 13.2 Å². The van der Waals surface area contributed by atoms with Crippen molar-refractivity contribution in [1.82, 2.24) is 15.5 Å². The third-order valence-electron chi connectivity index (χ3n) is 4.88. The summed E-state index contributed by atoms with van der Waals surface area (Å²) in [6.45, 7) is 3.82. The fourth-order valence-electron chi connectivity index (χ4n) is 3.62. The highest BCUT2D eigenvalue weighted by Crippen LogP contribution is 2.33. The molecule has 3 heterocycles. The standard InChI is InChI=1S/C18H21N3O3/c1-11-4-6-12(7-5-11)16-15-14(19-18(23)20-16)10-21(17(15)22)9-13-3-2-8-24-13/h4-7,13,16H,2-3,8-10H2,1H3,(H2,19,20,23). The number of nitrogens with zero attached hydrogens (tertiary/aromatic N) is 1. The van der Waals surface area contributed by atoms with E-state index in [1.807, 2.05) is 31.2 Å². The summed E-state index contributed by atoms with van der Waals surface area (Å²) in [4.78, 5) is 26.7. The Balaban J connectivity index is 1.60. The maximum atomic E-state index is 12.9. The highest BCUT2D eigenvalue weighted by Gasteiger charge is 2.41. The molecular formula is C18H21N3O3. The van der Waals surface area contributed by atoms with Crippen LogP contribution in [0.4, 0.5) is 4.79 Å². The van der Waals surface area contributed by atoms with E-state index in [2.05, 4.69) is 10.6 Å². The minimum atomic E-state index is -0.392. The summed E-state index contributed by atoms with van der Waals surface area (Å²) in [5.74, 6) is -0.0152. The summed E-state index contributed by atoms with van der Waals surface area (Å²) in [7, 11) is 0. The minimum Gasteiger partial charge on any atom is -0.376 e. The van der Waals surface area contributed by atoms with Crippen LogP contribution in [-0.4, -0.2) is 42.6 Å². The molecule has 3 aliphatic heterocycles. The lowest BCUT2D eigenvalue weighted by Gasteiger charge is -2.25. The molecule has 1 aromatic rings. The summed E-state index contributed by atoms with van der Waals surface area (Å²) < 4.78 is 5.65. The average Bonchev–Trinajstić information content (AvgIpc) is 3.17. The van der Waals surface area contributed by atoms with E-state index in [1.54, 1.807) is 4.90 Å². The third kappa shape index (κ3) is 2.67. The lowest BCUT2D eigenvalue weighted by molar-refractivity contribution is -0.127. The van der Waals surface area contributed by atoms with E-state index < -0.39 is 6.04 Å². The first-order valence-corrected chi connectivity index (χ1v) is 8.40. The second kappa shape index (κ2) is 5.94. The predicted molar refractivity (Wildman–Crippen MR) is 88.2 cm³/mol. The van der Waals surface area contributed by atoms with Crippen molar-refractivity contribution in [3.8, 4) is 0 Å². The second-order valence-electron chi connectivity index (χ2n) is 6.66. The largest absolute Gasteiger partial charge is 0.376 e. The summed E-state index contributed by atoms with van der Waals surface area (Å²) in [5.41, 5.74) is 3.44. The average molecular weight is 327 g/mol. The van der Waals surface area contributed by atoms with Gasteiger partial charge < -0.3 is 20.3 Å². The minimum absolute atomic E-state index is 0.0152. The number of nitrogens with one attached hydrogen (secondary N) is 2. The molecule has 6 heteroatoms. The Morgan fingerprint density at radius 2 is 2.04 bits per heavy atom. The highest BCUT2D eigenvalue weighted by atomic mass is 16.5. The first-order valence-electron chi connectivity index (χ1n) is 8.40. The van der Waals surface area contributed by atoms with E-state index in [4.69, 9.17) is 4.74 Å². The van der Waals surface area contributed by atoms with Crippen LogP contribution >= 0.6 is 0 Å². The fourth-order valence-corrected chi connectivity index (χ4v) is 3.62. The Morgan fingerprint density at radius 3 is 2.75 bits per heavy atom. The molecule has 1 fully saturated rings. The molecule has 0 saturated carbocycles. The molecule has 4 rings (SSSR count). The van der Waals surface area contributed by atoms with Crippen LogP contribution in [0.25, 0.3) is 0 Å². The van der Waals surface area contributed by atoms with Crippen LogP contribution in [0.2, 0.25) is 0 Å². The molecule has 6 nitrogen and oxygen atoms in total. The third-order valence-corrected chi connectivity index (χ3v) is 4.88. The number of hydrogen-bond acceptors (Lipinski definition) is 3. The first kappa shape index (κ1) is 15.2. The monoisotopic (exact) mass is 327 g/mol. The van der Waals surface area contributed by atoms with Crippen LogP contribution in [0.3, 0.4) is 0 Å². The SMILES string of the molecule is Cc1ccc(C2NC(=O)NC3=C2C(=O)N(CC2CCCO2)C3)cc1. The lowest BCUT2D eigenvalue weighted by Crippen LogP contribution is -2.44. The molecule has 1 saturated heterocycles. The predicted octanol–water partition coefficient (Wildman–Crippen LogP) is 1.62. The van der Waals surface area contributed by atoms with Crippen molar-refractivity contribution in [1.29, 1.82) is 0 Å². The van der Waals surface area contributed by atoms with Crippen LogP contribution in [0, 0.1) is 6.92 Å². The van der Waals surface area contributed by atoms with Gasteiger partial charge in [-0.05, 0) is 25.3 Å². The maximum absolute atomic E-state index is 12.9. The van der Waals surface area contributed by atoms with Gasteiger partial charge in [-0.25, -0.2) is 4.79 Å². The van der Waals surface area contributed by atoms with Gasteiger partial charge in [0.2, 0.25) is 0 Å².